The van der Waals surface area contributed by atoms with E-state index in [9.17, 15) is 4.79 Å². The van der Waals surface area contributed by atoms with Gasteiger partial charge in [-0.05, 0) is 27.1 Å². The Morgan fingerprint density at radius 1 is 1.62 bits per heavy atom. The average Bonchev–Trinajstić information content (AvgIpc) is 2.45. The van der Waals surface area contributed by atoms with Crippen molar-refractivity contribution in [1.82, 2.24) is 10.2 Å². The van der Waals surface area contributed by atoms with E-state index in [4.69, 9.17) is 0 Å². The first kappa shape index (κ1) is 10.5. The summed E-state index contributed by atoms with van der Waals surface area (Å²) in [6, 6.07) is 0. The molecular weight excluding hydrogens is 186 g/mol. The van der Waals surface area contributed by atoms with Crippen molar-refractivity contribution >= 4 is 22.8 Å². The Bertz CT molecular complexity index is 215. The van der Waals surface area contributed by atoms with Gasteiger partial charge in [0.05, 0.1) is 5.75 Å². The highest BCUT2D eigenvalue weighted by Gasteiger charge is 2.15. The van der Waals surface area contributed by atoms with Crippen LogP contribution in [0.1, 0.15) is 6.42 Å². The van der Waals surface area contributed by atoms with Crippen LogP contribution >= 0.6 is 11.8 Å². The summed E-state index contributed by atoms with van der Waals surface area (Å²) in [5, 5.41) is 3.48. The third kappa shape index (κ3) is 4.28. The molecule has 74 valence electrons. The minimum atomic E-state index is 0.0661. The lowest BCUT2D eigenvalue weighted by atomic mass is 10.4. The number of hydrogen-bond donors (Lipinski definition) is 1. The molecule has 1 N–H and O–H groups in total. The molecule has 0 spiro atoms. The predicted octanol–water partition coefficient (Wildman–Crippen LogP) is 0.157. The van der Waals surface area contributed by atoms with Crippen molar-refractivity contribution in [2.24, 2.45) is 4.99 Å². The van der Waals surface area contributed by atoms with Crippen LogP contribution in [0.15, 0.2) is 4.99 Å². The summed E-state index contributed by atoms with van der Waals surface area (Å²) < 4.78 is 0. The molecular formula is C8H15N3OS. The summed E-state index contributed by atoms with van der Waals surface area (Å²) in [6.07, 6.45) is 1.03. The molecule has 0 bridgehead atoms. The minimum Gasteiger partial charge on any atom is -0.309 e. The lowest BCUT2D eigenvalue weighted by molar-refractivity contribution is -0.116. The van der Waals surface area contributed by atoms with Crippen LogP contribution in [0.5, 0.6) is 0 Å². The molecule has 0 saturated carbocycles. The largest absolute Gasteiger partial charge is 0.309 e. The summed E-state index contributed by atoms with van der Waals surface area (Å²) in [4.78, 5) is 17.2. The van der Waals surface area contributed by atoms with Crippen LogP contribution in [0.3, 0.4) is 0 Å². The Morgan fingerprint density at radius 2 is 2.38 bits per heavy atom. The molecule has 0 aromatic heterocycles. The molecule has 1 amide bonds. The van der Waals surface area contributed by atoms with Gasteiger partial charge in [-0.3, -0.25) is 9.79 Å². The van der Waals surface area contributed by atoms with E-state index in [0.29, 0.717) is 5.75 Å². The van der Waals surface area contributed by atoms with Crippen molar-refractivity contribution < 1.29 is 4.79 Å². The quantitative estimate of drug-likeness (QED) is 0.659. The van der Waals surface area contributed by atoms with Crippen LogP contribution < -0.4 is 5.32 Å². The van der Waals surface area contributed by atoms with Crippen LogP contribution in [-0.2, 0) is 4.79 Å². The summed E-state index contributed by atoms with van der Waals surface area (Å²) in [6.45, 7) is 1.83. The van der Waals surface area contributed by atoms with Gasteiger partial charge in [0, 0.05) is 6.54 Å². The summed E-state index contributed by atoms with van der Waals surface area (Å²) in [5.41, 5.74) is 0. The highest BCUT2D eigenvalue weighted by atomic mass is 32.2. The third-order valence-electron chi connectivity index (χ3n) is 1.61. The zero-order chi connectivity index (χ0) is 9.68. The number of hydrogen-bond acceptors (Lipinski definition) is 4. The van der Waals surface area contributed by atoms with Gasteiger partial charge < -0.3 is 10.2 Å². The van der Waals surface area contributed by atoms with Crippen LogP contribution in [-0.4, -0.2) is 48.9 Å². The molecule has 1 rings (SSSR count). The molecule has 0 radical (unpaired) electrons. The molecule has 0 atom stereocenters. The maximum atomic E-state index is 10.8. The molecule has 1 aliphatic heterocycles. The van der Waals surface area contributed by atoms with Gasteiger partial charge >= 0.3 is 0 Å². The van der Waals surface area contributed by atoms with Gasteiger partial charge in [-0.25, -0.2) is 0 Å². The maximum absolute atomic E-state index is 10.8. The Hall–Kier alpha value is -0.550. The first-order valence-corrected chi connectivity index (χ1v) is 5.29. The molecule has 0 aliphatic carbocycles. The van der Waals surface area contributed by atoms with Crippen molar-refractivity contribution in [2.75, 3.05) is 32.9 Å². The molecule has 1 saturated heterocycles. The second-order valence-electron chi connectivity index (χ2n) is 3.18. The molecule has 0 unspecified atom stereocenters. The Kier molecular flexibility index (Phi) is 4.24. The molecule has 0 aromatic carbocycles. The van der Waals surface area contributed by atoms with Gasteiger partial charge in [0.1, 0.15) is 0 Å². The van der Waals surface area contributed by atoms with E-state index in [1.807, 2.05) is 14.1 Å². The lowest BCUT2D eigenvalue weighted by Crippen LogP contribution is -2.20. The van der Waals surface area contributed by atoms with E-state index in [1.54, 1.807) is 0 Å². The molecule has 0 aromatic rings. The Balaban J connectivity index is 2.14. The standard InChI is InChI=1S/C8H15N3OS/c1-11(2)5-3-4-9-8-10-7(12)6-13-8/h3-6H2,1-2H3,(H,9,10,12). The number of carbonyl (C=O) groups excluding carboxylic acids is 1. The maximum Gasteiger partial charge on any atom is 0.236 e. The normalized spacial score (nSPS) is 19.9. The third-order valence-corrected chi connectivity index (χ3v) is 2.52. The molecule has 1 fully saturated rings. The number of thioether (sulfide) groups is 1. The van der Waals surface area contributed by atoms with Gasteiger partial charge in [0.25, 0.3) is 0 Å². The molecule has 4 nitrogen and oxygen atoms in total. The number of amidine groups is 1. The molecule has 1 heterocycles. The van der Waals surface area contributed by atoms with Crippen LogP contribution in [0.25, 0.3) is 0 Å². The molecule has 13 heavy (non-hydrogen) atoms. The van der Waals surface area contributed by atoms with Crippen molar-refractivity contribution in [2.45, 2.75) is 6.42 Å². The highest BCUT2D eigenvalue weighted by Crippen LogP contribution is 2.08. The zero-order valence-corrected chi connectivity index (χ0v) is 8.86. The zero-order valence-electron chi connectivity index (χ0n) is 8.04. The van der Waals surface area contributed by atoms with Crippen LogP contribution in [0, 0.1) is 0 Å². The van der Waals surface area contributed by atoms with E-state index in [0.717, 1.165) is 24.7 Å². The molecule has 5 heteroatoms. The molecule has 1 aliphatic rings. The minimum absolute atomic E-state index is 0.0661. The lowest BCUT2D eigenvalue weighted by Gasteiger charge is -2.06. The number of nitrogens with zero attached hydrogens (tertiary/aromatic N) is 2. The van der Waals surface area contributed by atoms with Crippen molar-refractivity contribution in [3.8, 4) is 0 Å². The van der Waals surface area contributed by atoms with Crippen LogP contribution in [0.2, 0.25) is 0 Å². The predicted molar refractivity (Wildman–Crippen MR) is 56.1 cm³/mol. The number of aliphatic imine (C=N–C) groups is 1. The Labute approximate surface area is 82.8 Å². The Morgan fingerprint density at radius 3 is 2.92 bits per heavy atom. The van der Waals surface area contributed by atoms with Gasteiger partial charge in [-0.1, -0.05) is 11.8 Å². The summed E-state index contributed by atoms with van der Waals surface area (Å²) >= 11 is 1.49. The van der Waals surface area contributed by atoms with E-state index >= 15 is 0 Å². The number of amides is 1. The van der Waals surface area contributed by atoms with Crippen molar-refractivity contribution in [1.29, 1.82) is 0 Å². The number of carbonyl (C=O) groups is 1. The monoisotopic (exact) mass is 201 g/mol. The first-order valence-electron chi connectivity index (χ1n) is 4.30. The second-order valence-corrected chi connectivity index (χ2v) is 4.14. The topological polar surface area (TPSA) is 44.7 Å². The van der Waals surface area contributed by atoms with E-state index < -0.39 is 0 Å². The van der Waals surface area contributed by atoms with Gasteiger partial charge in [-0.15, -0.1) is 0 Å². The van der Waals surface area contributed by atoms with Gasteiger partial charge in [0.2, 0.25) is 5.91 Å². The summed E-state index contributed by atoms with van der Waals surface area (Å²) in [5.74, 6) is 0.586. The van der Waals surface area contributed by atoms with Crippen molar-refractivity contribution in [3.05, 3.63) is 0 Å². The fourth-order valence-electron chi connectivity index (χ4n) is 0.978. The number of rotatable bonds is 4. The first-order chi connectivity index (χ1) is 6.18. The smallest absolute Gasteiger partial charge is 0.236 e. The summed E-state index contributed by atoms with van der Waals surface area (Å²) in [7, 11) is 4.08. The fraction of sp³-hybridized carbons (Fsp3) is 0.750. The highest BCUT2D eigenvalue weighted by molar-refractivity contribution is 8.15. The van der Waals surface area contributed by atoms with E-state index in [1.165, 1.54) is 11.8 Å². The van der Waals surface area contributed by atoms with Crippen LogP contribution in [0.4, 0.5) is 0 Å². The van der Waals surface area contributed by atoms with Crippen molar-refractivity contribution in [3.63, 3.8) is 0 Å². The fourth-order valence-corrected chi connectivity index (χ4v) is 1.69. The van der Waals surface area contributed by atoms with Gasteiger partial charge in [0.15, 0.2) is 5.17 Å². The van der Waals surface area contributed by atoms with E-state index in [-0.39, 0.29) is 5.91 Å². The van der Waals surface area contributed by atoms with Gasteiger partial charge in [-0.2, -0.15) is 0 Å². The average molecular weight is 201 g/mol. The van der Waals surface area contributed by atoms with E-state index in [2.05, 4.69) is 15.2 Å². The SMILES string of the molecule is CN(C)CCCN=C1NC(=O)CS1. The second kappa shape index (κ2) is 5.24. The number of nitrogens with one attached hydrogen (secondary N) is 1.